The van der Waals surface area contributed by atoms with Gasteiger partial charge in [0.05, 0.1) is 0 Å². The van der Waals surface area contributed by atoms with Crippen LogP contribution in [0.3, 0.4) is 0 Å². The molecule has 3 aromatic rings. The SMILES string of the molecule is Cc1ccc(CCC(=O)N(Cc2ccccc2Cl)C(Cc2ccccc2)C(=O)NC(C)(C)C)cc1. The molecule has 0 saturated heterocycles. The van der Waals surface area contributed by atoms with Crippen molar-refractivity contribution in [2.24, 2.45) is 0 Å². The highest BCUT2D eigenvalue weighted by Gasteiger charge is 2.32. The Bertz CT molecular complexity index is 1120. The van der Waals surface area contributed by atoms with E-state index in [2.05, 4.69) is 29.6 Å². The van der Waals surface area contributed by atoms with Crippen LogP contribution in [0.25, 0.3) is 0 Å². The van der Waals surface area contributed by atoms with Crippen LogP contribution in [-0.4, -0.2) is 28.3 Å². The quantitative estimate of drug-likeness (QED) is 0.392. The highest BCUT2D eigenvalue weighted by Crippen LogP contribution is 2.22. The van der Waals surface area contributed by atoms with Gasteiger partial charge in [-0.25, -0.2) is 0 Å². The molecular weight excluding hydrogens is 456 g/mol. The predicted molar refractivity (Wildman–Crippen MR) is 143 cm³/mol. The third kappa shape index (κ3) is 8.25. The summed E-state index contributed by atoms with van der Waals surface area (Å²) in [5, 5.41) is 3.67. The first-order valence-electron chi connectivity index (χ1n) is 12.1. The van der Waals surface area contributed by atoms with Gasteiger partial charge in [-0.2, -0.15) is 0 Å². The number of aryl methyl sites for hydroxylation is 2. The lowest BCUT2D eigenvalue weighted by Gasteiger charge is -2.34. The predicted octanol–water partition coefficient (Wildman–Crippen LogP) is 6.14. The number of hydrogen-bond acceptors (Lipinski definition) is 2. The maximum Gasteiger partial charge on any atom is 0.243 e. The van der Waals surface area contributed by atoms with Crippen molar-refractivity contribution in [3.8, 4) is 0 Å². The van der Waals surface area contributed by atoms with E-state index in [9.17, 15) is 9.59 Å². The molecule has 2 amide bonds. The van der Waals surface area contributed by atoms with Crippen molar-refractivity contribution in [1.82, 2.24) is 10.2 Å². The lowest BCUT2D eigenvalue weighted by molar-refractivity contribution is -0.141. The Morgan fingerprint density at radius 3 is 2.14 bits per heavy atom. The molecule has 3 rings (SSSR count). The van der Waals surface area contributed by atoms with Gasteiger partial charge in [-0.15, -0.1) is 0 Å². The lowest BCUT2D eigenvalue weighted by Crippen LogP contribution is -2.54. The fraction of sp³-hybridized carbons (Fsp3) is 0.333. The Morgan fingerprint density at radius 2 is 1.51 bits per heavy atom. The molecule has 0 radical (unpaired) electrons. The third-order valence-electron chi connectivity index (χ3n) is 5.82. The number of nitrogens with zero attached hydrogens (tertiary/aromatic N) is 1. The normalized spacial score (nSPS) is 12.1. The van der Waals surface area contributed by atoms with Crippen molar-refractivity contribution in [3.05, 3.63) is 106 Å². The molecule has 0 spiro atoms. The number of carbonyl (C=O) groups excluding carboxylic acids is 2. The van der Waals surface area contributed by atoms with Crippen molar-refractivity contribution in [2.75, 3.05) is 0 Å². The fourth-order valence-corrected chi connectivity index (χ4v) is 4.16. The summed E-state index contributed by atoms with van der Waals surface area (Å²) in [4.78, 5) is 29.0. The standard InChI is InChI=1S/C30H35ClN2O2/c1-22-14-16-23(17-15-22)18-19-28(34)33(21-25-12-8-9-13-26(25)31)27(29(35)32-30(2,3)4)20-24-10-6-5-7-11-24/h5-17,27H,18-21H2,1-4H3,(H,32,35). The molecule has 0 fully saturated rings. The zero-order valence-corrected chi connectivity index (χ0v) is 21.8. The largest absolute Gasteiger partial charge is 0.350 e. The van der Waals surface area contributed by atoms with E-state index in [4.69, 9.17) is 11.6 Å². The van der Waals surface area contributed by atoms with Crippen LogP contribution in [-0.2, 0) is 29.0 Å². The second-order valence-electron chi connectivity index (χ2n) is 10.0. The summed E-state index contributed by atoms with van der Waals surface area (Å²) in [7, 11) is 0. The van der Waals surface area contributed by atoms with Gasteiger partial charge in [0.25, 0.3) is 0 Å². The molecule has 1 unspecified atom stereocenters. The minimum atomic E-state index is -0.668. The molecule has 0 bridgehead atoms. The molecule has 1 N–H and O–H groups in total. The van der Waals surface area contributed by atoms with Crippen molar-refractivity contribution >= 4 is 23.4 Å². The molecule has 4 nitrogen and oxygen atoms in total. The van der Waals surface area contributed by atoms with Crippen LogP contribution in [0.15, 0.2) is 78.9 Å². The molecule has 0 aliphatic rings. The molecule has 0 saturated carbocycles. The minimum Gasteiger partial charge on any atom is -0.350 e. The molecule has 5 heteroatoms. The summed E-state index contributed by atoms with van der Waals surface area (Å²) < 4.78 is 0. The van der Waals surface area contributed by atoms with Gasteiger partial charge in [0, 0.05) is 29.9 Å². The summed E-state index contributed by atoms with van der Waals surface area (Å²) >= 11 is 6.47. The smallest absolute Gasteiger partial charge is 0.243 e. The van der Waals surface area contributed by atoms with Crippen LogP contribution in [0, 0.1) is 6.92 Å². The minimum absolute atomic E-state index is 0.0736. The number of rotatable bonds is 9. The van der Waals surface area contributed by atoms with Gasteiger partial charge in [0.2, 0.25) is 11.8 Å². The number of amides is 2. The fourth-order valence-electron chi connectivity index (χ4n) is 3.97. The first-order valence-corrected chi connectivity index (χ1v) is 12.4. The molecule has 0 heterocycles. The van der Waals surface area contributed by atoms with Crippen LogP contribution >= 0.6 is 11.6 Å². The maximum atomic E-state index is 13.7. The van der Waals surface area contributed by atoms with Crippen molar-refractivity contribution < 1.29 is 9.59 Å². The Balaban J connectivity index is 1.93. The topological polar surface area (TPSA) is 49.4 Å². The van der Waals surface area contributed by atoms with E-state index in [1.807, 2.05) is 82.3 Å². The van der Waals surface area contributed by atoms with Gasteiger partial charge in [-0.1, -0.05) is 90.0 Å². The van der Waals surface area contributed by atoms with Gasteiger partial charge >= 0.3 is 0 Å². The zero-order valence-electron chi connectivity index (χ0n) is 21.1. The van der Waals surface area contributed by atoms with E-state index < -0.39 is 11.6 Å². The molecule has 35 heavy (non-hydrogen) atoms. The second kappa shape index (κ2) is 12.0. The van der Waals surface area contributed by atoms with E-state index in [-0.39, 0.29) is 18.4 Å². The van der Waals surface area contributed by atoms with Crippen LogP contribution in [0.1, 0.15) is 49.4 Å². The van der Waals surface area contributed by atoms with E-state index in [0.29, 0.717) is 24.3 Å². The van der Waals surface area contributed by atoms with E-state index in [1.54, 1.807) is 4.90 Å². The summed E-state index contributed by atoms with van der Waals surface area (Å²) in [5.74, 6) is -0.243. The van der Waals surface area contributed by atoms with Crippen molar-refractivity contribution in [1.29, 1.82) is 0 Å². The number of nitrogens with one attached hydrogen (secondary N) is 1. The Labute approximate surface area is 214 Å². The number of halogens is 1. The van der Waals surface area contributed by atoms with Crippen molar-refractivity contribution in [2.45, 2.75) is 65.1 Å². The van der Waals surface area contributed by atoms with Gasteiger partial charge < -0.3 is 10.2 Å². The monoisotopic (exact) mass is 490 g/mol. The van der Waals surface area contributed by atoms with Gasteiger partial charge in [0.15, 0.2) is 0 Å². The maximum absolute atomic E-state index is 13.7. The number of carbonyl (C=O) groups is 2. The zero-order chi connectivity index (χ0) is 25.4. The first kappa shape index (κ1) is 26.5. The second-order valence-corrected chi connectivity index (χ2v) is 10.5. The average Bonchev–Trinajstić information content (AvgIpc) is 2.81. The molecule has 3 aromatic carbocycles. The molecular formula is C30H35ClN2O2. The summed E-state index contributed by atoms with van der Waals surface area (Å²) in [6.07, 6.45) is 1.34. The first-order chi connectivity index (χ1) is 16.6. The Morgan fingerprint density at radius 1 is 0.886 bits per heavy atom. The molecule has 1 atom stereocenters. The lowest BCUT2D eigenvalue weighted by atomic mass is 9.99. The van der Waals surface area contributed by atoms with Gasteiger partial charge in [0.1, 0.15) is 6.04 Å². The van der Waals surface area contributed by atoms with E-state index >= 15 is 0 Å². The number of hydrogen-bond donors (Lipinski definition) is 1. The van der Waals surface area contributed by atoms with E-state index in [1.165, 1.54) is 5.56 Å². The Kier molecular flexibility index (Phi) is 9.11. The molecule has 0 aliphatic carbocycles. The molecule has 0 aliphatic heterocycles. The summed E-state index contributed by atoms with van der Waals surface area (Å²) in [6.45, 7) is 8.15. The Hall–Kier alpha value is -3.11. The average molecular weight is 491 g/mol. The molecule has 184 valence electrons. The highest BCUT2D eigenvalue weighted by molar-refractivity contribution is 6.31. The van der Waals surface area contributed by atoms with Crippen LogP contribution in [0.5, 0.6) is 0 Å². The molecule has 0 aromatic heterocycles. The summed E-state index contributed by atoms with van der Waals surface area (Å²) in [6, 6.07) is 24.8. The summed E-state index contributed by atoms with van der Waals surface area (Å²) in [5.41, 5.74) is 3.67. The van der Waals surface area contributed by atoms with Gasteiger partial charge in [-0.05, 0) is 56.9 Å². The third-order valence-corrected chi connectivity index (χ3v) is 6.18. The van der Waals surface area contributed by atoms with Crippen LogP contribution < -0.4 is 5.32 Å². The van der Waals surface area contributed by atoms with E-state index in [0.717, 1.165) is 16.7 Å². The van der Waals surface area contributed by atoms with Crippen LogP contribution in [0.4, 0.5) is 0 Å². The van der Waals surface area contributed by atoms with Gasteiger partial charge in [-0.3, -0.25) is 9.59 Å². The highest BCUT2D eigenvalue weighted by atomic mass is 35.5. The van der Waals surface area contributed by atoms with Crippen LogP contribution in [0.2, 0.25) is 5.02 Å². The van der Waals surface area contributed by atoms with Crippen molar-refractivity contribution in [3.63, 3.8) is 0 Å². The number of benzene rings is 3.